The zero-order chi connectivity index (χ0) is 26.0. The van der Waals surface area contributed by atoms with Gasteiger partial charge in [-0.2, -0.15) is 13.2 Å². The van der Waals surface area contributed by atoms with Crippen LogP contribution in [0.2, 0.25) is 0 Å². The van der Waals surface area contributed by atoms with E-state index in [2.05, 4.69) is 20.0 Å². The minimum Gasteiger partial charge on any atom is -0.493 e. The zero-order valence-corrected chi connectivity index (χ0v) is 19.3. The number of aryl methyl sites for hydroxylation is 1. The van der Waals surface area contributed by atoms with E-state index in [0.29, 0.717) is 18.3 Å². The van der Waals surface area contributed by atoms with Crippen molar-refractivity contribution in [3.63, 3.8) is 0 Å². The lowest BCUT2D eigenvalue weighted by molar-refractivity contribution is -0.206. The van der Waals surface area contributed by atoms with E-state index in [9.17, 15) is 26.3 Å². The molecule has 1 aromatic heterocycles. The third-order valence-corrected chi connectivity index (χ3v) is 5.04. The summed E-state index contributed by atoms with van der Waals surface area (Å²) in [7, 11) is 2.38. The Labute approximate surface area is 197 Å². The molecule has 1 atom stereocenters. The highest BCUT2D eigenvalue weighted by atomic mass is 19.4. The summed E-state index contributed by atoms with van der Waals surface area (Å²) in [5.74, 6) is -4.25. The summed E-state index contributed by atoms with van der Waals surface area (Å²) in [6.07, 6.45) is -6.99. The standard InChI is InChI=1S/C23H23F6N3O3/c1-12-31-16-9-17(34-4)18(35-19(11-33-3)23(27,28)29)8-14(16)21(32-12)30-10-13-6-5-7-15(20(13)24)22(2,25)26/h5-9,19H,10-11H2,1-4H3,(H,30,31,32). The molecule has 6 nitrogen and oxygen atoms in total. The molecule has 0 radical (unpaired) electrons. The van der Waals surface area contributed by atoms with Crippen molar-refractivity contribution in [2.45, 2.75) is 38.6 Å². The predicted octanol–water partition coefficient (Wildman–Crippen LogP) is 5.77. The maximum absolute atomic E-state index is 14.6. The number of rotatable bonds is 9. The van der Waals surface area contributed by atoms with Gasteiger partial charge >= 0.3 is 6.18 Å². The monoisotopic (exact) mass is 503 g/mol. The Kier molecular flexibility index (Phi) is 7.63. The molecule has 1 N–H and O–H groups in total. The quantitative estimate of drug-likeness (QED) is 0.375. The number of ether oxygens (including phenoxy) is 3. The van der Waals surface area contributed by atoms with Crippen molar-refractivity contribution in [1.82, 2.24) is 9.97 Å². The van der Waals surface area contributed by atoms with Gasteiger partial charge in [0.1, 0.15) is 17.5 Å². The average molecular weight is 503 g/mol. The minimum absolute atomic E-state index is 0.00386. The van der Waals surface area contributed by atoms with Crippen LogP contribution in [0.5, 0.6) is 11.5 Å². The van der Waals surface area contributed by atoms with Crippen LogP contribution in [0, 0.1) is 12.7 Å². The summed E-state index contributed by atoms with van der Waals surface area (Å²) < 4.78 is 97.1. The highest BCUT2D eigenvalue weighted by Crippen LogP contribution is 2.37. The summed E-state index contributed by atoms with van der Waals surface area (Å²) >= 11 is 0. The number of fused-ring (bicyclic) bond motifs is 1. The van der Waals surface area contributed by atoms with Crippen LogP contribution >= 0.6 is 0 Å². The molecular formula is C23H23F6N3O3. The molecule has 190 valence electrons. The fourth-order valence-electron chi connectivity index (χ4n) is 3.37. The Morgan fingerprint density at radius 3 is 2.34 bits per heavy atom. The predicted molar refractivity (Wildman–Crippen MR) is 116 cm³/mol. The van der Waals surface area contributed by atoms with Crippen molar-refractivity contribution in [3.8, 4) is 11.5 Å². The van der Waals surface area contributed by atoms with Gasteiger partial charge in [0.25, 0.3) is 5.92 Å². The minimum atomic E-state index is -4.72. The molecule has 0 spiro atoms. The largest absolute Gasteiger partial charge is 0.493 e. The second-order valence-corrected chi connectivity index (χ2v) is 7.76. The van der Waals surface area contributed by atoms with Gasteiger partial charge < -0.3 is 19.5 Å². The van der Waals surface area contributed by atoms with E-state index in [-0.39, 0.29) is 34.8 Å². The highest BCUT2D eigenvalue weighted by molar-refractivity contribution is 5.91. The first-order valence-corrected chi connectivity index (χ1v) is 10.3. The van der Waals surface area contributed by atoms with Crippen molar-refractivity contribution >= 4 is 16.7 Å². The molecular weight excluding hydrogens is 480 g/mol. The van der Waals surface area contributed by atoms with Gasteiger partial charge in [0.15, 0.2) is 11.5 Å². The third kappa shape index (κ3) is 6.05. The lowest BCUT2D eigenvalue weighted by atomic mass is 10.0. The first kappa shape index (κ1) is 26.3. The molecule has 0 aliphatic heterocycles. The van der Waals surface area contributed by atoms with E-state index >= 15 is 0 Å². The van der Waals surface area contributed by atoms with Crippen molar-refractivity contribution < 1.29 is 40.6 Å². The number of hydrogen-bond donors (Lipinski definition) is 1. The summed E-state index contributed by atoms with van der Waals surface area (Å²) in [5, 5.41) is 3.11. The van der Waals surface area contributed by atoms with Gasteiger partial charge in [-0.1, -0.05) is 18.2 Å². The topological polar surface area (TPSA) is 65.5 Å². The van der Waals surface area contributed by atoms with Crippen molar-refractivity contribution in [3.05, 3.63) is 53.1 Å². The van der Waals surface area contributed by atoms with E-state index < -0.39 is 36.2 Å². The van der Waals surface area contributed by atoms with Gasteiger partial charge in [-0.05, 0) is 13.0 Å². The fourth-order valence-corrected chi connectivity index (χ4v) is 3.37. The molecule has 0 bridgehead atoms. The molecule has 1 heterocycles. The number of benzene rings is 2. The molecule has 0 amide bonds. The maximum atomic E-state index is 14.6. The lowest BCUT2D eigenvalue weighted by Crippen LogP contribution is -2.38. The lowest BCUT2D eigenvalue weighted by Gasteiger charge is -2.22. The Morgan fingerprint density at radius 1 is 1.03 bits per heavy atom. The molecule has 0 saturated carbocycles. The van der Waals surface area contributed by atoms with Crippen LogP contribution in [0.4, 0.5) is 32.2 Å². The second kappa shape index (κ2) is 10.1. The Balaban J connectivity index is 2.01. The van der Waals surface area contributed by atoms with Crippen molar-refractivity contribution in [2.24, 2.45) is 0 Å². The van der Waals surface area contributed by atoms with Gasteiger partial charge in [-0.15, -0.1) is 0 Å². The Bertz CT molecular complexity index is 1200. The summed E-state index contributed by atoms with van der Waals surface area (Å²) in [5.41, 5.74) is -0.484. The molecule has 0 saturated heterocycles. The molecule has 2 aromatic carbocycles. The summed E-state index contributed by atoms with van der Waals surface area (Å²) in [6.45, 7) is 1.20. The fraction of sp³-hybridized carbons (Fsp3) is 0.391. The third-order valence-electron chi connectivity index (χ3n) is 5.04. The van der Waals surface area contributed by atoms with Crippen LogP contribution in [0.15, 0.2) is 30.3 Å². The van der Waals surface area contributed by atoms with Gasteiger partial charge in [0, 0.05) is 37.6 Å². The Hall–Kier alpha value is -3.28. The van der Waals surface area contributed by atoms with Crippen molar-refractivity contribution in [1.29, 1.82) is 0 Å². The van der Waals surface area contributed by atoms with Crippen LogP contribution in [-0.2, 0) is 17.2 Å². The van der Waals surface area contributed by atoms with E-state index in [0.717, 1.165) is 13.2 Å². The number of nitrogens with one attached hydrogen (secondary N) is 1. The number of hydrogen-bond acceptors (Lipinski definition) is 6. The first-order chi connectivity index (χ1) is 16.3. The zero-order valence-electron chi connectivity index (χ0n) is 19.3. The van der Waals surface area contributed by atoms with Crippen LogP contribution < -0.4 is 14.8 Å². The maximum Gasteiger partial charge on any atom is 0.427 e. The molecule has 0 fully saturated rings. The number of anilines is 1. The highest BCUT2D eigenvalue weighted by Gasteiger charge is 2.42. The molecule has 3 aromatic rings. The van der Waals surface area contributed by atoms with Crippen LogP contribution in [0.25, 0.3) is 10.9 Å². The molecule has 3 rings (SSSR count). The first-order valence-electron chi connectivity index (χ1n) is 10.3. The van der Waals surface area contributed by atoms with Gasteiger partial charge in [-0.3, -0.25) is 0 Å². The van der Waals surface area contributed by atoms with E-state index in [1.807, 2.05) is 0 Å². The smallest absolute Gasteiger partial charge is 0.427 e. The molecule has 0 aliphatic carbocycles. The molecule has 0 aliphatic rings. The number of methoxy groups -OCH3 is 2. The number of aromatic nitrogens is 2. The van der Waals surface area contributed by atoms with Gasteiger partial charge in [-0.25, -0.2) is 23.1 Å². The SMILES string of the molecule is COCC(Oc1cc2c(NCc3cccc(C(C)(F)F)c3F)nc(C)nc2cc1OC)C(F)(F)F. The van der Waals surface area contributed by atoms with Gasteiger partial charge in [0.05, 0.1) is 24.8 Å². The van der Waals surface area contributed by atoms with Crippen LogP contribution in [0.3, 0.4) is 0 Å². The van der Waals surface area contributed by atoms with Gasteiger partial charge in [0.2, 0.25) is 6.10 Å². The molecule has 1 unspecified atom stereocenters. The number of halogens is 6. The molecule has 12 heteroatoms. The number of alkyl halides is 5. The average Bonchev–Trinajstić information content (AvgIpc) is 2.76. The molecule has 35 heavy (non-hydrogen) atoms. The second-order valence-electron chi connectivity index (χ2n) is 7.76. The number of nitrogens with zero attached hydrogens (tertiary/aromatic N) is 2. The van der Waals surface area contributed by atoms with Crippen molar-refractivity contribution in [2.75, 3.05) is 26.1 Å². The summed E-state index contributed by atoms with van der Waals surface area (Å²) in [4.78, 5) is 8.50. The summed E-state index contributed by atoms with van der Waals surface area (Å²) in [6, 6.07) is 6.28. The van der Waals surface area contributed by atoms with E-state index in [4.69, 9.17) is 9.47 Å². The Morgan fingerprint density at radius 2 is 1.74 bits per heavy atom. The van der Waals surface area contributed by atoms with E-state index in [1.165, 1.54) is 31.4 Å². The van der Waals surface area contributed by atoms with E-state index in [1.54, 1.807) is 6.92 Å². The van der Waals surface area contributed by atoms with Crippen LogP contribution in [-0.4, -0.2) is 43.1 Å². The van der Waals surface area contributed by atoms with Crippen LogP contribution in [0.1, 0.15) is 23.9 Å². The normalized spacial score (nSPS) is 13.1.